The van der Waals surface area contributed by atoms with E-state index < -0.39 is 0 Å². The minimum absolute atomic E-state index is 0.000278. The number of hydrogen-bond donors (Lipinski definition) is 2. The molecule has 0 spiro atoms. The van der Waals surface area contributed by atoms with Crippen molar-refractivity contribution in [3.8, 4) is 5.75 Å². The van der Waals surface area contributed by atoms with Crippen molar-refractivity contribution < 1.29 is 4.74 Å². The number of thiophene rings is 2. The maximum Gasteiger partial charge on any atom is 0.119 e. The van der Waals surface area contributed by atoms with Crippen LogP contribution in [-0.4, -0.2) is 7.11 Å². The maximum absolute atomic E-state index is 5.74. The van der Waals surface area contributed by atoms with Crippen LogP contribution in [0.25, 0.3) is 9.40 Å². The summed E-state index contributed by atoms with van der Waals surface area (Å²) in [6.45, 7) is 0. The minimum Gasteiger partial charge on any atom is -0.497 e. The number of fused-ring (bicyclic) bond motifs is 1. The summed E-state index contributed by atoms with van der Waals surface area (Å²) in [6, 6.07) is 12.3. The first-order chi connectivity index (χ1) is 9.31. The quantitative estimate of drug-likeness (QED) is 0.571. The molecule has 1 atom stereocenters. The van der Waals surface area contributed by atoms with Crippen LogP contribution >= 0.6 is 22.7 Å². The van der Waals surface area contributed by atoms with Crippen molar-refractivity contribution in [2.24, 2.45) is 5.84 Å². The normalized spacial score (nSPS) is 12.7. The average molecular weight is 290 g/mol. The fourth-order valence-electron chi connectivity index (χ4n) is 2.09. The van der Waals surface area contributed by atoms with Crippen molar-refractivity contribution in [3.63, 3.8) is 0 Å². The molecule has 0 amide bonds. The Bertz CT molecular complexity index is 661. The molecule has 5 heteroatoms. The Hall–Kier alpha value is -1.40. The standard InChI is InChI=1S/C14H14N2OS2/c1-17-10-4-2-3-9(7-10)14(16-15)13-8-12-11(19-13)5-6-18-12/h2-8,14,16H,15H2,1H3. The van der Waals surface area contributed by atoms with E-state index in [-0.39, 0.29) is 6.04 Å². The van der Waals surface area contributed by atoms with E-state index in [1.54, 1.807) is 29.8 Å². The van der Waals surface area contributed by atoms with Crippen molar-refractivity contribution in [1.82, 2.24) is 5.43 Å². The molecule has 19 heavy (non-hydrogen) atoms. The van der Waals surface area contributed by atoms with Gasteiger partial charge in [0.2, 0.25) is 0 Å². The van der Waals surface area contributed by atoms with Gasteiger partial charge in [-0.3, -0.25) is 5.84 Å². The number of nitrogens with one attached hydrogen (secondary N) is 1. The number of rotatable bonds is 4. The van der Waals surface area contributed by atoms with Gasteiger partial charge < -0.3 is 4.74 Å². The van der Waals surface area contributed by atoms with E-state index in [0.717, 1.165) is 11.3 Å². The third-order valence-corrected chi connectivity index (χ3v) is 5.19. The molecule has 2 aromatic heterocycles. The number of hydrazine groups is 1. The number of ether oxygens (including phenoxy) is 1. The first-order valence-corrected chi connectivity index (χ1v) is 7.58. The van der Waals surface area contributed by atoms with Gasteiger partial charge in [-0.25, -0.2) is 5.43 Å². The van der Waals surface area contributed by atoms with Gasteiger partial charge in [-0.2, -0.15) is 0 Å². The Balaban J connectivity index is 2.01. The number of nitrogens with two attached hydrogens (primary N) is 1. The molecule has 0 radical (unpaired) electrons. The van der Waals surface area contributed by atoms with Crippen molar-refractivity contribution in [3.05, 3.63) is 52.2 Å². The second-order valence-corrected chi connectivity index (χ2v) is 6.24. The molecule has 3 aromatic rings. The zero-order valence-corrected chi connectivity index (χ0v) is 12.1. The van der Waals surface area contributed by atoms with Crippen molar-refractivity contribution >= 4 is 32.1 Å². The van der Waals surface area contributed by atoms with E-state index in [2.05, 4.69) is 29.0 Å². The molecule has 0 bridgehead atoms. The topological polar surface area (TPSA) is 47.3 Å². The summed E-state index contributed by atoms with van der Waals surface area (Å²) in [5, 5.41) is 2.11. The third kappa shape index (κ3) is 2.37. The van der Waals surface area contributed by atoms with Crippen LogP contribution in [0, 0.1) is 0 Å². The van der Waals surface area contributed by atoms with Gasteiger partial charge in [0, 0.05) is 14.3 Å². The maximum atomic E-state index is 5.74. The Kier molecular flexibility index (Phi) is 3.52. The van der Waals surface area contributed by atoms with Crippen LogP contribution in [0.4, 0.5) is 0 Å². The zero-order chi connectivity index (χ0) is 13.2. The van der Waals surface area contributed by atoms with Gasteiger partial charge in [0.05, 0.1) is 13.2 Å². The van der Waals surface area contributed by atoms with Crippen LogP contribution in [0.15, 0.2) is 41.8 Å². The Morgan fingerprint density at radius 1 is 1.21 bits per heavy atom. The molecule has 0 aliphatic heterocycles. The highest BCUT2D eigenvalue weighted by atomic mass is 32.1. The summed E-state index contributed by atoms with van der Waals surface area (Å²) in [5.41, 5.74) is 4.00. The molecule has 0 aliphatic rings. The molecule has 0 saturated carbocycles. The molecule has 1 aromatic carbocycles. The lowest BCUT2D eigenvalue weighted by atomic mass is 10.1. The van der Waals surface area contributed by atoms with Crippen molar-refractivity contribution in [1.29, 1.82) is 0 Å². The second-order valence-electron chi connectivity index (χ2n) is 4.17. The van der Waals surface area contributed by atoms with E-state index in [9.17, 15) is 0 Å². The smallest absolute Gasteiger partial charge is 0.119 e. The summed E-state index contributed by atoms with van der Waals surface area (Å²) >= 11 is 3.53. The van der Waals surface area contributed by atoms with Gasteiger partial charge in [0.15, 0.2) is 0 Å². The summed E-state index contributed by atoms with van der Waals surface area (Å²) in [6.07, 6.45) is 0. The molecular weight excluding hydrogens is 276 g/mol. The lowest BCUT2D eigenvalue weighted by Crippen LogP contribution is -2.28. The van der Waals surface area contributed by atoms with Gasteiger partial charge in [-0.15, -0.1) is 22.7 Å². The summed E-state index contributed by atoms with van der Waals surface area (Å²) in [4.78, 5) is 1.22. The molecule has 1 unspecified atom stereocenters. The second kappa shape index (κ2) is 5.30. The minimum atomic E-state index is -0.000278. The van der Waals surface area contributed by atoms with E-state index in [1.807, 2.05) is 18.2 Å². The van der Waals surface area contributed by atoms with Gasteiger partial charge in [-0.05, 0) is 35.2 Å². The van der Waals surface area contributed by atoms with Gasteiger partial charge in [0.1, 0.15) is 5.75 Å². The van der Waals surface area contributed by atoms with E-state index in [1.165, 1.54) is 14.3 Å². The third-order valence-electron chi connectivity index (χ3n) is 3.04. The average Bonchev–Trinajstić information content (AvgIpc) is 3.01. The molecule has 98 valence electrons. The summed E-state index contributed by atoms with van der Waals surface area (Å²) in [5.74, 6) is 6.58. The Morgan fingerprint density at radius 2 is 2.11 bits per heavy atom. The lowest BCUT2D eigenvalue weighted by Gasteiger charge is -2.15. The number of methoxy groups -OCH3 is 1. The van der Waals surface area contributed by atoms with Crippen LogP contribution in [-0.2, 0) is 0 Å². The fourth-order valence-corrected chi connectivity index (χ4v) is 4.30. The van der Waals surface area contributed by atoms with Gasteiger partial charge in [-0.1, -0.05) is 12.1 Å². The molecule has 0 fully saturated rings. The van der Waals surface area contributed by atoms with E-state index in [0.29, 0.717) is 0 Å². The van der Waals surface area contributed by atoms with E-state index in [4.69, 9.17) is 10.6 Å². The molecule has 3 rings (SSSR count). The zero-order valence-electron chi connectivity index (χ0n) is 10.4. The largest absolute Gasteiger partial charge is 0.497 e. The highest BCUT2D eigenvalue weighted by Crippen LogP contribution is 2.36. The van der Waals surface area contributed by atoms with Crippen LogP contribution in [0.1, 0.15) is 16.5 Å². The first-order valence-electron chi connectivity index (χ1n) is 5.89. The molecular formula is C14H14N2OS2. The van der Waals surface area contributed by atoms with Gasteiger partial charge in [0.25, 0.3) is 0 Å². The number of hydrogen-bond acceptors (Lipinski definition) is 5. The van der Waals surface area contributed by atoms with Crippen LogP contribution in [0.3, 0.4) is 0 Å². The predicted molar refractivity (Wildman–Crippen MR) is 81.9 cm³/mol. The summed E-state index contributed by atoms with van der Waals surface area (Å²) in [7, 11) is 1.67. The van der Waals surface area contributed by atoms with Crippen LogP contribution in [0.5, 0.6) is 5.75 Å². The SMILES string of the molecule is COc1cccc(C(NN)c2cc3sccc3s2)c1. The van der Waals surface area contributed by atoms with Crippen molar-refractivity contribution in [2.75, 3.05) is 7.11 Å². The highest BCUT2D eigenvalue weighted by molar-refractivity contribution is 7.27. The lowest BCUT2D eigenvalue weighted by molar-refractivity contribution is 0.413. The molecule has 2 heterocycles. The molecule has 0 aliphatic carbocycles. The van der Waals surface area contributed by atoms with Crippen LogP contribution in [0.2, 0.25) is 0 Å². The summed E-state index contributed by atoms with van der Waals surface area (Å²) < 4.78 is 7.88. The van der Waals surface area contributed by atoms with Gasteiger partial charge >= 0.3 is 0 Å². The van der Waals surface area contributed by atoms with E-state index >= 15 is 0 Å². The Morgan fingerprint density at radius 3 is 2.84 bits per heavy atom. The van der Waals surface area contributed by atoms with Crippen LogP contribution < -0.4 is 16.0 Å². The Labute approximate surface area is 119 Å². The molecule has 0 saturated heterocycles. The highest BCUT2D eigenvalue weighted by Gasteiger charge is 2.16. The monoisotopic (exact) mass is 290 g/mol. The first kappa shape index (κ1) is 12.6. The fraction of sp³-hybridized carbons (Fsp3) is 0.143. The van der Waals surface area contributed by atoms with Crippen molar-refractivity contribution in [2.45, 2.75) is 6.04 Å². The predicted octanol–water partition coefficient (Wildman–Crippen LogP) is 3.52. The molecule has 3 nitrogen and oxygen atoms in total. The number of benzene rings is 1. The molecule has 3 N–H and O–H groups in total.